The zero-order valence-corrected chi connectivity index (χ0v) is 6.48. The van der Waals surface area contributed by atoms with Gasteiger partial charge in [0.15, 0.2) is 0 Å². The van der Waals surface area contributed by atoms with Gasteiger partial charge in [0, 0.05) is 0 Å². The van der Waals surface area contributed by atoms with Gasteiger partial charge in [0.05, 0.1) is 0 Å². The molecule has 1 aliphatic rings. The van der Waals surface area contributed by atoms with Crippen molar-refractivity contribution in [2.75, 3.05) is 0 Å². The second-order valence-electron chi connectivity index (χ2n) is 3.42. The van der Waals surface area contributed by atoms with Gasteiger partial charge < -0.3 is 0 Å². The summed E-state index contributed by atoms with van der Waals surface area (Å²) in [6.45, 7) is 3.56. The van der Waals surface area contributed by atoms with Crippen molar-refractivity contribution in [3.05, 3.63) is 0 Å². The maximum absolute atomic E-state index is 12.8. The summed E-state index contributed by atoms with van der Waals surface area (Å²) in [5.41, 5.74) is 0. The summed E-state index contributed by atoms with van der Waals surface area (Å²) in [7, 11) is 0. The van der Waals surface area contributed by atoms with Crippen LogP contribution in [0.1, 0.15) is 26.7 Å². The number of hydrogen-bond acceptors (Lipinski definition) is 0. The van der Waals surface area contributed by atoms with Gasteiger partial charge in [-0.3, -0.25) is 0 Å². The fourth-order valence-corrected chi connectivity index (χ4v) is 1.47. The van der Waals surface area contributed by atoms with Gasteiger partial charge in [-0.25, -0.2) is 8.78 Å². The molecule has 0 aromatic heterocycles. The molecule has 2 heteroatoms. The van der Waals surface area contributed by atoms with Crippen molar-refractivity contribution in [3.8, 4) is 0 Å². The Morgan fingerprint density at radius 2 is 1.20 bits per heavy atom. The second-order valence-corrected chi connectivity index (χ2v) is 3.42. The zero-order chi connectivity index (χ0) is 7.72. The Morgan fingerprint density at radius 3 is 1.50 bits per heavy atom. The number of hydrogen-bond donors (Lipinski definition) is 0. The molecule has 4 atom stereocenters. The van der Waals surface area contributed by atoms with E-state index in [1.165, 1.54) is 0 Å². The lowest BCUT2D eigenvalue weighted by Crippen LogP contribution is -2.35. The molecule has 0 spiro atoms. The van der Waals surface area contributed by atoms with E-state index in [9.17, 15) is 8.78 Å². The van der Waals surface area contributed by atoms with Crippen LogP contribution in [0.5, 0.6) is 0 Å². The highest BCUT2D eigenvalue weighted by Gasteiger charge is 2.35. The van der Waals surface area contributed by atoms with Gasteiger partial charge in [-0.2, -0.15) is 0 Å². The highest BCUT2D eigenvalue weighted by Crippen LogP contribution is 2.32. The number of alkyl halides is 2. The molecular weight excluding hydrogens is 134 g/mol. The van der Waals surface area contributed by atoms with E-state index in [-0.39, 0.29) is 11.8 Å². The van der Waals surface area contributed by atoms with Crippen molar-refractivity contribution < 1.29 is 8.78 Å². The van der Waals surface area contributed by atoms with E-state index in [4.69, 9.17) is 0 Å². The minimum atomic E-state index is -1.22. The average Bonchev–Trinajstić information content (AvgIpc) is 1.93. The van der Waals surface area contributed by atoms with E-state index >= 15 is 0 Å². The van der Waals surface area contributed by atoms with Crippen molar-refractivity contribution in [2.45, 2.75) is 39.0 Å². The third kappa shape index (κ3) is 1.30. The predicted molar refractivity (Wildman–Crippen MR) is 37.4 cm³/mol. The Bertz CT molecular complexity index is 99.8. The minimum absolute atomic E-state index is 0.0776. The first-order valence-electron chi connectivity index (χ1n) is 3.91. The van der Waals surface area contributed by atoms with Crippen molar-refractivity contribution in [1.29, 1.82) is 0 Å². The van der Waals surface area contributed by atoms with Crippen LogP contribution in [0.15, 0.2) is 0 Å². The molecule has 1 aliphatic carbocycles. The van der Waals surface area contributed by atoms with Crippen LogP contribution >= 0.6 is 0 Å². The van der Waals surface area contributed by atoms with Gasteiger partial charge in [-0.1, -0.05) is 13.8 Å². The topological polar surface area (TPSA) is 0 Å². The summed E-state index contributed by atoms with van der Waals surface area (Å²) in [5, 5.41) is 0. The lowest BCUT2D eigenvalue weighted by Gasteiger charge is -2.30. The van der Waals surface area contributed by atoms with Crippen molar-refractivity contribution in [3.63, 3.8) is 0 Å². The lowest BCUT2D eigenvalue weighted by molar-refractivity contribution is 0.0367. The van der Waals surface area contributed by atoms with E-state index in [1.807, 2.05) is 0 Å². The van der Waals surface area contributed by atoms with E-state index < -0.39 is 12.3 Å². The van der Waals surface area contributed by atoms with Crippen LogP contribution in [0.3, 0.4) is 0 Å². The molecule has 0 bridgehead atoms. The maximum atomic E-state index is 12.8. The van der Waals surface area contributed by atoms with Gasteiger partial charge in [0.25, 0.3) is 0 Å². The van der Waals surface area contributed by atoms with Crippen LogP contribution in [0, 0.1) is 11.8 Å². The molecule has 0 nitrogen and oxygen atoms in total. The quantitative estimate of drug-likeness (QED) is 0.495. The summed E-state index contributed by atoms with van der Waals surface area (Å²) in [4.78, 5) is 0. The molecule has 0 aromatic carbocycles. The number of rotatable bonds is 0. The van der Waals surface area contributed by atoms with Crippen LogP contribution in [0.25, 0.3) is 0 Å². The lowest BCUT2D eigenvalue weighted by atomic mass is 9.81. The van der Waals surface area contributed by atoms with E-state index in [0.717, 1.165) is 12.8 Å². The smallest absolute Gasteiger partial charge is 0.134 e. The van der Waals surface area contributed by atoms with Crippen LogP contribution in [-0.2, 0) is 0 Å². The molecule has 0 amide bonds. The molecular formula is C8H14F2. The van der Waals surface area contributed by atoms with Crippen molar-refractivity contribution in [1.82, 2.24) is 0 Å². The predicted octanol–water partition coefficient (Wildman–Crippen LogP) is 2.73. The van der Waals surface area contributed by atoms with Gasteiger partial charge in [0.1, 0.15) is 12.3 Å². The first-order chi connectivity index (χ1) is 4.63. The SMILES string of the molecule is CC1CC[C@@H](C)C(F)C1F. The Morgan fingerprint density at radius 1 is 0.900 bits per heavy atom. The zero-order valence-electron chi connectivity index (χ0n) is 6.48. The van der Waals surface area contributed by atoms with E-state index in [2.05, 4.69) is 0 Å². The molecule has 0 heterocycles. The summed E-state index contributed by atoms with van der Waals surface area (Å²) in [6.07, 6.45) is -0.765. The molecule has 0 N–H and O–H groups in total. The fraction of sp³-hybridized carbons (Fsp3) is 1.00. The monoisotopic (exact) mass is 148 g/mol. The molecule has 1 saturated carbocycles. The van der Waals surface area contributed by atoms with Crippen LogP contribution in [0.4, 0.5) is 8.78 Å². The summed E-state index contributed by atoms with van der Waals surface area (Å²) in [6, 6.07) is 0. The third-order valence-electron chi connectivity index (χ3n) is 2.47. The van der Waals surface area contributed by atoms with Crippen molar-refractivity contribution >= 4 is 0 Å². The summed E-state index contributed by atoms with van der Waals surface area (Å²) >= 11 is 0. The molecule has 10 heavy (non-hydrogen) atoms. The van der Waals surface area contributed by atoms with E-state index in [0.29, 0.717) is 0 Å². The largest absolute Gasteiger partial charge is 0.244 e. The molecule has 0 aromatic rings. The molecule has 0 radical (unpaired) electrons. The van der Waals surface area contributed by atoms with Gasteiger partial charge in [-0.05, 0) is 24.7 Å². The first kappa shape index (κ1) is 7.96. The molecule has 0 saturated heterocycles. The fourth-order valence-electron chi connectivity index (χ4n) is 1.47. The van der Waals surface area contributed by atoms with Crippen LogP contribution in [0.2, 0.25) is 0 Å². The standard InChI is InChI=1S/C8H14F2/c1-5-3-4-6(2)8(10)7(5)9/h5-8H,3-4H2,1-2H3/t5-,6?,7?,8?/m1/s1. The molecule has 0 aliphatic heterocycles. The van der Waals surface area contributed by atoms with Crippen LogP contribution in [-0.4, -0.2) is 12.3 Å². The van der Waals surface area contributed by atoms with Gasteiger partial charge in [0.2, 0.25) is 0 Å². The Kier molecular flexibility index (Phi) is 2.27. The highest BCUT2D eigenvalue weighted by molar-refractivity contribution is 4.83. The minimum Gasteiger partial charge on any atom is -0.244 e. The van der Waals surface area contributed by atoms with Gasteiger partial charge >= 0.3 is 0 Å². The number of halogens is 2. The first-order valence-corrected chi connectivity index (χ1v) is 3.91. The average molecular weight is 148 g/mol. The second kappa shape index (κ2) is 2.85. The van der Waals surface area contributed by atoms with Crippen LogP contribution < -0.4 is 0 Å². The maximum Gasteiger partial charge on any atom is 0.134 e. The molecule has 1 rings (SSSR count). The Labute approximate surface area is 60.6 Å². The normalized spacial score (nSPS) is 49.2. The summed E-state index contributed by atoms with van der Waals surface area (Å²) < 4.78 is 25.7. The summed E-state index contributed by atoms with van der Waals surface area (Å²) in [5.74, 6) is -0.155. The Hall–Kier alpha value is -0.140. The molecule has 60 valence electrons. The molecule has 1 fully saturated rings. The Balaban J connectivity index is 2.52. The van der Waals surface area contributed by atoms with Crippen molar-refractivity contribution in [2.24, 2.45) is 11.8 Å². The van der Waals surface area contributed by atoms with E-state index in [1.54, 1.807) is 13.8 Å². The third-order valence-corrected chi connectivity index (χ3v) is 2.47. The van der Waals surface area contributed by atoms with Gasteiger partial charge in [-0.15, -0.1) is 0 Å². The highest BCUT2D eigenvalue weighted by atomic mass is 19.2. The molecule has 3 unspecified atom stereocenters.